The second-order valence-electron chi connectivity index (χ2n) is 4.28. The Bertz CT molecular complexity index is 412. The van der Waals surface area contributed by atoms with Gasteiger partial charge < -0.3 is 14.6 Å². The van der Waals surface area contributed by atoms with Crippen LogP contribution in [0, 0.1) is 0 Å². The predicted octanol–water partition coefficient (Wildman–Crippen LogP) is 3.20. The second kappa shape index (κ2) is 5.23. The van der Waals surface area contributed by atoms with Crippen molar-refractivity contribution in [3.63, 3.8) is 0 Å². The molecule has 0 saturated carbocycles. The van der Waals surface area contributed by atoms with E-state index in [1.165, 1.54) is 0 Å². The summed E-state index contributed by atoms with van der Waals surface area (Å²) in [5.74, 6) is 1.44. The Morgan fingerprint density at radius 2 is 2.18 bits per heavy atom. The van der Waals surface area contributed by atoms with E-state index >= 15 is 0 Å². The highest BCUT2D eigenvalue weighted by Gasteiger charge is 2.17. The van der Waals surface area contributed by atoms with E-state index in [4.69, 9.17) is 9.47 Å². The molecule has 1 atom stereocenters. The van der Waals surface area contributed by atoms with Crippen LogP contribution in [0.2, 0.25) is 0 Å². The van der Waals surface area contributed by atoms with Crippen molar-refractivity contribution in [2.24, 2.45) is 0 Å². The van der Waals surface area contributed by atoms with Crippen LogP contribution in [0.25, 0.3) is 0 Å². The van der Waals surface area contributed by atoms with Crippen LogP contribution in [0.3, 0.4) is 0 Å². The molecule has 0 saturated heterocycles. The topological polar surface area (TPSA) is 38.7 Å². The summed E-state index contributed by atoms with van der Waals surface area (Å²) in [6.45, 7) is 6.32. The van der Waals surface area contributed by atoms with E-state index in [-0.39, 0.29) is 6.79 Å². The molecule has 1 aliphatic rings. The molecule has 1 N–H and O–H groups in total. The van der Waals surface area contributed by atoms with Gasteiger partial charge in [0.2, 0.25) is 6.79 Å². The zero-order valence-corrected chi connectivity index (χ0v) is 10.1. The summed E-state index contributed by atoms with van der Waals surface area (Å²) in [6.07, 6.45) is 2.40. The van der Waals surface area contributed by atoms with Gasteiger partial charge in [-0.2, -0.15) is 0 Å². The average molecular weight is 234 g/mol. The Labute approximate surface area is 102 Å². The van der Waals surface area contributed by atoms with E-state index in [0.717, 1.165) is 36.1 Å². The fourth-order valence-corrected chi connectivity index (χ4v) is 1.86. The zero-order chi connectivity index (χ0) is 12.3. The molecule has 17 heavy (non-hydrogen) atoms. The van der Waals surface area contributed by atoms with Crippen molar-refractivity contribution in [1.82, 2.24) is 0 Å². The molecular weight excluding hydrogens is 216 g/mol. The fourth-order valence-electron chi connectivity index (χ4n) is 1.86. The molecule has 1 aliphatic heterocycles. The number of fused-ring (bicyclic) bond motifs is 1. The molecule has 92 valence electrons. The zero-order valence-electron chi connectivity index (χ0n) is 10.1. The Kier molecular flexibility index (Phi) is 3.69. The first-order valence-corrected chi connectivity index (χ1v) is 5.97. The van der Waals surface area contributed by atoms with Crippen molar-refractivity contribution < 1.29 is 14.6 Å². The highest BCUT2D eigenvalue weighted by atomic mass is 16.7. The highest BCUT2D eigenvalue weighted by molar-refractivity contribution is 5.46. The second-order valence-corrected chi connectivity index (χ2v) is 4.28. The van der Waals surface area contributed by atoms with Crippen molar-refractivity contribution >= 4 is 0 Å². The van der Waals surface area contributed by atoms with Gasteiger partial charge in [-0.25, -0.2) is 0 Å². The van der Waals surface area contributed by atoms with Crippen molar-refractivity contribution in [1.29, 1.82) is 0 Å². The highest BCUT2D eigenvalue weighted by Crippen LogP contribution is 2.35. The largest absolute Gasteiger partial charge is 0.454 e. The summed E-state index contributed by atoms with van der Waals surface area (Å²) < 4.78 is 10.5. The van der Waals surface area contributed by atoms with Crippen molar-refractivity contribution in [2.45, 2.75) is 32.3 Å². The van der Waals surface area contributed by atoms with Gasteiger partial charge in [0, 0.05) is 0 Å². The average Bonchev–Trinajstić information content (AvgIpc) is 2.81. The third-order valence-electron chi connectivity index (χ3n) is 2.95. The lowest BCUT2D eigenvalue weighted by molar-refractivity contribution is 0.173. The predicted molar refractivity (Wildman–Crippen MR) is 66.2 cm³/mol. The van der Waals surface area contributed by atoms with Gasteiger partial charge in [-0.3, -0.25) is 0 Å². The van der Waals surface area contributed by atoms with Crippen LogP contribution in [0.15, 0.2) is 30.4 Å². The van der Waals surface area contributed by atoms with E-state index in [1.54, 1.807) is 0 Å². The number of unbranched alkanes of at least 4 members (excludes halogenated alkanes) is 1. The normalized spacial score (nSPS) is 14.7. The first-order valence-electron chi connectivity index (χ1n) is 5.97. The summed E-state index contributed by atoms with van der Waals surface area (Å²) in [5.41, 5.74) is 1.67. The van der Waals surface area contributed by atoms with Crippen LogP contribution in [0.5, 0.6) is 11.5 Å². The molecule has 0 amide bonds. The van der Waals surface area contributed by atoms with Gasteiger partial charge in [-0.15, -0.1) is 0 Å². The standard InChI is InChI=1S/C14H18O3/c1-3-4-5-10(2)14(15)11-6-7-12-13(8-11)17-9-16-12/h6-8,14-15H,2-5,9H2,1H3. The molecule has 0 bridgehead atoms. The van der Waals surface area contributed by atoms with Crippen LogP contribution < -0.4 is 9.47 Å². The van der Waals surface area contributed by atoms with E-state index in [0.29, 0.717) is 5.75 Å². The van der Waals surface area contributed by atoms with Gasteiger partial charge in [0.1, 0.15) is 0 Å². The summed E-state index contributed by atoms with van der Waals surface area (Å²) in [5, 5.41) is 10.2. The Balaban J connectivity index is 2.09. The molecule has 1 aromatic carbocycles. The van der Waals surface area contributed by atoms with Gasteiger partial charge in [0.25, 0.3) is 0 Å². The van der Waals surface area contributed by atoms with Gasteiger partial charge >= 0.3 is 0 Å². The third-order valence-corrected chi connectivity index (χ3v) is 2.95. The first kappa shape index (κ1) is 12.0. The van der Waals surface area contributed by atoms with Gasteiger partial charge in [-0.1, -0.05) is 26.0 Å². The van der Waals surface area contributed by atoms with Crippen molar-refractivity contribution in [3.05, 3.63) is 35.9 Å². The summed E-state index contributed by atoms with van der Waals surface area (Å²) >= 11 is 0. The third kappa shape index (κ3) is 2.61. The monoisotopic (exact) mass is 234 g/mol. The number of aliphatic hydroxyl groups excluding tert-OH is 1. The number of ether oxygens (including phenoxy) is 2. The molecule has 1 aromatic rings. The van der Waals surface area contributed by atoms with E-state index in [9.17, 15) is 5.11 Å². The summed E-state index contributed by atoms with van der Waals surface area (Å²) in [4.78, 5) is 0. The molecule has 0 fully saturated rings. The van der Waals surface area contributed by atoms with E-state index in [1.807, 2.05) is 18.2 Å². The molecule has 2 rings (SSSR count). The van der Waals surface area contributed by atoms with E-state index in [2.05, 4.69) is 13.5 Å². The Hall–Kier alpha value is -1.48. The first-order chi connectivity index (χ1) is 8.22. The summed E-state index contributed by atoms with van der Waals surface area (Å²) in [6, 6.07) is 5.51. The lowest BCUT2D eigenvalue weighted by atomic mass is 9.98. The molecule has 3 heteroatoms. The lowest BCUT2D eigenvalue weighted by Gasteiger charge is -2.14. The molecule has 1 unspecified atom stereocenters. The maximum Gasteiger partial charge on any atom is 0.231 e. The molecule has 3 nitrogen and oxygen atoms in total. The van der Waals surface area contributed by atoms with Crippen LogP contribution >= 0.6 is 0 Å². The van der Waals surface area contributed by atoms with Crippen LogP contribution in [0.1, 0.15) is 37.9 Å². The molecule has 0 aromatic heterocycles. The Morgan fingerprint density at radius 1 is 1.41 bits per heavy atom. The quantitative estimate of drug-likeness (QED) is 0.795. The minimum atomic E-state index is -0.615. The molecule has 1 heterocycles. The maximum atomic E-state index is 10.2. The minimum Gasteiger partial charge on any atom is -0.454 e. The SMILES string of the molecule is C=C(CCCC)C(O)c1ccc2c(c1)OCO2. The van der Waals surface area contributed by atoms with Crippen LogP contribution in [0.4, 0.5) is 0 Å². The maximum absolute atomic E-state index is 10.2. The van der Waals surface area contributed by atoms with Crippen molar-refractivity contribution in [3.8, 4) is 11.5 Å². The van der Waals surface area contributed by atoms with Gasteiger partial charge in [-0.05, 0) is 36.1 Å². The van der Waals surface area contributed by atoms with Gasteiger partial charge in [0.15, 0.2) is 11.5 Å². The molecule has 0 radical (unpaired) electrons. The molecule has 0 spiro atoms. The van der Waals surface area contributed by atoms with Crippen molar-refractivity contribution in [2.75, 3.05) is 6.79 Å². The molecule has 0 aliphatic carbocycles. The minimum absolute atomic E-state index is 0.256. The number of hydrogen-bond donors (Lipinski definition) is 1. The smallest absolute Gasteiger partial charge is 0.231 e. The number of aliphatic hydroxyl groups is 1. The van der Waals surface area contributed by atoms with Crippen LogP contribution in [-0.4, -0.2) is 11.9 Å². The Morgan fingerprint density at radius 3 is 2.94 bits per heavy atom. The lowest BCUT2D eigenvalue weighted by Crippen LogP contribution is -2.00. The number of rotatable bonds is 5. The van der Waals surface area contributed by atoms with Crippen LogP contribution in [-0.2, 0) is 0 Å². The number of hydrogen-bond acceptors (Lipinski definition) is 3. The molecular formula is C14H18O3. The fraction of sp³-hybridized carbons (Fsp3) is 0.429. The van der Waals surface area contributed by atoms with E-state index < -0.39 is 6.10 Å². The van der Waals surface area contributed by atoms with Gasteiger partial charge in [0.05, 0.1) is 6.10 Å². The summed E-state index contributed by atoms with van der Waals surface area (Å²) in [7, 11) is 0. The number of benzene rings is 1.